The zero-order valence-corrected chi connectivity index (χ0v) is 11.4. The van der Waals surface area contributed by atoms with Gasteiger partial charge in [0.2, 0.25) is 5.91 Å². The molecule has 5 nitrogen and oxygen atoms in total. The molecule has 17 heavy (non-hydrogen) atoms. The van der Waals surface area contributed by atoms with Crippen molar-refractivity contribution in [1.29, 1.82) is 0 Å². The van der Waals surface area contributed by atoms with Crippen LogP contribution in [0.15, 0.2) is 0 Å². The van der Waals surface area contributed by atoms with Crippen LogP contribution in [0.4, 0.5) is 0 Å². The minimum atomic E-state index is -0.665. The smallest absolute Gasteiger partial charge is 0.238 e. The summed E-state index contributed by atoms with van der Waals surface area (Å²) in [5.74, 6) is -0.302. The first kappa shape index (κ1) is 14.4. The summed E-state index contributed by atoms with van der Waals surface area (Å²) >= 11 is 0. The van der Waals surface area contributed by atoms with Gasteiger partial charge in [-0.15, -0.1) is 0 Å². The van der Waals surface area contributed by atoms with Gasteiger partial charge < -0.3 is 15.8 Å². The lowest BCUT2D eigenvalue weighted by Gasteiger charge is -2.41. The van der Waals surface area contributed by atoms with Crippen molar-refractivity contribution in [2.75, 3.05) is 32.8 Å². The third kappa shape index (κ3) is 3.94. The lowest BCUT2D eigenvalue weighted by atomic mass is 9.98. The number of amides is 1. The van der Waals surface area contributed by atoms with Crippen LogP contribution >= 0.6 is 0 Å². The second-order valence-corrected chi connectivity index (χ2v) is 5.55. The number of nitrogens with zero attached hydrogens (tertiary/aromatic N) is 1. The number of carbonyl (C=O) groups is 1. The summed E-state index contributed by atoms with van der Waals surface area (Å²) in [6.45, 7) is 11.7. The molecule has 0 aromatic heterocycles. The Morgan fingerprint density at radius 1 is 1.59 bits per heavy atom. The number of hydrogen-bond donors (Lipinski definition) is 2. The summed E-state index contributed by atoms with van der Waals surface area (Å²) in [4.78, 5) is 13.8. The largest absolute Gasteiger partial charge is 0.373 e. The third-order valence-corrected chi connectivity index (χ3v) is 3.16. The van der Waals surface area contributed by atoms with Gasteiger partial charge in [0, 0.05) is 19.6 Å². The van der Waals surface area contributed by atoms with Crippen LogP contribution in [-0.4, -0.2) is 54.7 Å². The maximum Gasteiger partial charge on any atom is 0.238 e. The first-order valence-corrected chi connectivity index (χ1v) is 6.20. The molecule has 0 aromatic carbocycles. The highest BCUT2D eigenvalue weighted by atomic mass is 16.5. The van der Waals surface area contributed by atoms with Crippen LogP contribution in [0, 0.1) is 0 Å². The fourth-order valence-corrected chi connectivity index (χ4v) is 2.31. The molecular weight excluding hydrogens is 218 g/mol. The van der Waals surface area contributed by atoms with E-state index in [0.717, 1.165) is 19.6 Å². The fourth-order valence-electron chi connectivity index (χ4n) is 2.31. The van der Waals surface area contributed by atoms with Crippen LogP contribution in [0.2, 0.25) is 0 Å². The van der Waals surface area contributed by atoms with E-state index in [4.69, 9.17) is 10.5 Å². The second-order valence-electron chi connectivity index (χ2n) is 5.55. The van der Waals surface area contributed by atoms with Crippen molar-refractivity contribution in [1.82, 2.24) is 10.2 Å². The molecule has 3 N–H and O–H groups in total. The summed E-state index contributed by atoms with van der Waals surface area (Å²) < 4.78 is 5.65. The Hall–Kier alpha value is -0.650. The van der Waals surface area contributed by atoms with Gasteiger partial charge in [0.25, 0.3) is 0 Å². The van der Waals surface area contributed by atoms with Gasteiger partial charge in [-0.1, -0.05) is 6.92 Å². The number of primary amides is 1. The van der Waals surface area contributed by atoms with Gasteiger partial charge in [-0.05, 0) is 27.3 Å². The molecule has 1 amide bonds. The van der Waals surface area contributed by atoms with E-state index < -0.39 is 5.54 Å². The zero-order valence-electron chi connectivity index (χ0n) is 11.4. The van der Waals surface area contributed by atoms with Crippen molar-refractivity contribution in [2.24, 2.45) is 5.73 Å². The predicted molar refractivity (Wildman–Crippen MR) is 67.7 cm³/mol. The van der Waals surface area contributed by atoms with Crippen LogP contribution in [0.5, 0.6) is 0 Å². The van der Waals surface area contributed by atoms with E-state index in [9.17, 15) is 4.79 Å². The molecule has 0 aliphatic carbocycles. The predicted octanol–water partition coefficient (Wildman–Crippen LogP) is -0.0493. The summed E-state index contributed by atoms with van der Waals surface area (Å²) in [7, 11) is 0. The first-order valence-electron chi connectivity index (χ1n) is 6.20. The number of rotatable bonds is 5. The lowest BCUT2D eigenvalue weighted by molar-refractivity contribution is -0.127. The van der Waals surface area contributed by atoms with Crippen molar-refractivity contribution in [3.05, 3.63) is 0 Å². The lowest BCUT2D eigenvalue weighted by Crippen LogP contribution is -2.62. The number of hydrogen-bond acceptors (Lipinski definition) is 4. The molecule has 0 aromatic rings. The number of likely N-dealkylation sites (N-methyl/N-ethyl adjacent to an activating group) is 1. The molecule has 1 fully saturated rings. The topological polar surface area (TPSA) is 67.6 Å². The van der Waals surface area contributed by atoms with E-state index in [0.29, 0.717) is 13.2 Å². The minimum absolute atomic E-state index is 0.150. The molecule has 1 rings (SSSR count). The first-order chi connectivity index (χ1) is 7.79. The Kier molecular flexibility index (Phi) is 4.52. The highest BCUT2D eigenvalue weighted by molar-refractivity contribution is 5.84. The Balaban J connectivity index is 2.64. The molecular formula is C12H25N3O2. The van der Waals surface area contributed by atoms with E-state index in [-0.39, 0.29) is 11.5 Å². The maximum absolute atomic E-state index is 11.5. The van der Waals surface area contributed by atoms with Gasteiger partial charge in [-0.2, -0.15) is 0 Å². The summed E-state index contributed by atoms with van der Waals surface area (Å²) in [5.41, 5.74) is 4.67. The molecule has 0 bridgehead atoms. The molecule has 0 radical (unpaired) electrons. The molecule has 100 valence electrons. The van der Waals surface area contributed by atoms with E-state index in [2.05, 4.69) is 24.1 Å². The maximum atomic E-state index is 11.5. The van der Waals surface area contributed by atoms with Crippen LogP contribution in [0.3, 0.4) is 0 Å². The second kappa shape index (κ2) is 5.33. The van der Waals surface area contributed by atoms with Crippen molar-refractivity contribution in [3.8, 4) is 0 Å². The summed E-state index contributed by atoms with van der Waals surface area (Å²) in [6, 6.07) is 0. The van der Waals surface area contributed by atoms with E-state index in [1.807, 2.05) is 13.8 Å². The molecule has 1 saturated heterocycles. The van der Waals surface area contributed by atoms with Crippen LogP contribution < -0.4 is 11.1 Å². The zero-order chi connectivity index (χ0) is 13.1. The quantitative estimate of drug-likeness (QED) is 0.710. The SMILES string of the molecule is CCNC(C)(CN1CCOC(C)(C)C1)C(N)=O. The number of nitrogens with two attached hydrogens (primary N) is 1. The highest BCUT2D eigenvalue weighted by Crippen LogP contribution is 2.18. The van der Waals surface area contributed by atoms with Gasteiger partial charge in [-0.3, -0.25) is 9.69 Å². The molecule has 0 saturated carbocycles. The number of nitrogens with one attached hydrogen (secondary N) is 1. The minimum Gasteiger partial charge on any atom is -0.373 e. The average molecular weight is 243 g/mol. The molecule has 5 heteroatoms. The number of morpholine rings is 1. The van der Waals surface area contributed by atoms with E-state index >= 15 is 0 Å². The van der Waals surface area contributed by atoms with E-state index in [1.165, 1.54) is 0 Å². The van der Waals surface area contributed by atoms with Crippen molar-refractivity contribution in [3.63, 3.8) is 0 Å². The summed E-state index contributed by atoms with van der Waals surface area (Å²) in [6.07, 6.45) is 0. The third-order valence-electron chi connectivity index (χ3n) is 3.16. The average Bonchev–Trinajstić information content (AvgIpc) is 2.15. The molecule has 0 spiro atoms. The van der Waals surface area contributed by atoms with Crippen LogP contribution in [0.25, 0.3) is 0 Å². The molecule has 1 aliphatic heterocycles. The standard InChI is InChI=1S/C12H25N3O2/c1-5-14-12(4,10(13)16)9-15-6-7-17-11(2,3)8-15/h14H,5-9H2,1-4H3,(H2,13,16). The highest BCUT2D eigenvalue weighted by Gasteiger charge is 2.36. The Labute approximate surface area is 104 Å². The van der Waals surface area contributed by atoms with E-state index in [1.54, 1.807) is 0 Å². The van der Waals surface area contributed by atoms with Crippen molar-refractivity contribution in [2.45, 2.75) is 38.8 Å². The van der Waals surface area contributed by atoms with Crippen LogP contribution in [-0.2, 0) is 9.53 Å². The monoisotopic (exact) mass is 243 g/mol. The van der Waals surface area contributed by atoms with Gasteiger partial charge in [0.15, 0.2) is 0 Å². The Bertz CT molecular complexity index is 281. The normalized spacial score (nSPS) is 24.2. The number of ether oxygens (including phenoxy) is 1. The van der Waals surface area contributed by atoms with Gasteiger partial charge in [0.05, 0.1) is 12.2 Å². The number of carbonyl (C=O) groups excluding carboxylic acids is 1. The fraction of sp³-hybridized carbons (Fsp3) is 0.917. The molecule has 1 atom stereocenters. The van der Waals surface area contributed by atoms with Crippen molar-refractivity contribution >= 4 is 5.91 Å². The Morgan fingerprint density at radius 3 is 2.71 bits per heavy atom. The van der Waals surface area contributed by atoms with Crippen LogP contribution in [0.1, 0.15) is 27.7 Å². The van der Waals surface area contributed by atoms with Gasteiger partial charge in [0.1, 0.15) is 5.54 Å². The van der Waals surface area contributed by atoms with Gasteiger partial charge >= 0.3 is 0 Å². The molecule has 1 heterocycles. The molecule has 1 unspecified atom stereocenters. The van der Waals surface area contributed by atoms with Gasteiger partial charge in [-0.25, -0.2) is 0 Å². The van der Waals surface area contributed by atoms with Crippen molar-refractivity contribution < 1.29 is 9.53 Å². The molecule has 1 aliphatic rings. The Morgan fingerprint density at radius 2 is 2.24 bits per heavy atom. The summed E-state index contributed by atoms with van der Waals surface area (Å²) in [5, 5.41) is 3.18.